The number of fused-ring (bicyclic) bond motifs is 1. The van der Waals surface area contributed by atoms with E-state index in [0.717, 1.165) is 17.7 Å². The Labute approximate surface area is 145 Å². The molecule has 0 spiro atoms. The Kier molecular flexibility index (Phi) is 4.32. The normalized spacial score (nSPS) is 13.7. The molecule has 0 unspecified atom stereocenters. The van der Waals surface area contributed by atoms with Gasteiger partial charge in [0.1, 0.15) is 11.4 Å². The summed E-state index contributed by atoms with van der Waals surface area (Å²) < 4.78 is 1.55. The number of hydrogen-bond acceptors (Lipinski definition) is 4. The van der Waals surface area contributed by atoms with Gasteiger partial charge < -0.3 is 14.5 Å². The van der Waals surface area contributed by atoms with Crippen molar-refractivity contribution in [1.82, 2.24) is 19.4 Å². The predicted molar refractivity (Wildman–Crippen MR) is 93.8 cm³/mol. The number of amides is 1. The van der Waals surface area contributed by atoms with Crippen LogP contribution in [0.2, 0.25) is 0 Å². The van der Waals surface area contributed by atoms with E-state index in [2.05, 4.69) is 9.97 Å². The third kappa shape index (κ3) is 2.90. The lowest BCUT2D eigenvalue weighted by molar-refractivity contribution is 0.0728. The van der Waals surface area contributed by atoms with Crippen molar-refractivity contribution in [2.75, 3.05) is 6.54 Å². The molecule has 0 saturated carbocycles. The number of carbonyl (C=O) groups excluding carboxylic acids is 1. The van der Waals surface area contributed by atoms with Crippen LogP contribution < -0.4 is 11.1 Å². The number of nitrogens with zero attached hydrogens (tertiary/aromatic N) is 3. The minimum Gasteiger partial charge on any atom is -0.332 e. The smallest absolute Gasteiger partial charge is 0.263 e. The van der Waals surface area contributed by atoms with Crippen molar-refractivity contribution in [3.05, 3.63) is 60.7 Å². The number of aromatic nitrogens is 3. The first kappa shape index (κ1) is 17.1. The van der Waals surface area contributed by atoms with Crippen LogP contribution in [0.3, 0.4) is 0 Å². The van der Waals surface area contributed by atoms with Crippen LogP contribution in [0, 0.1) is 13.8 Å². The monoisotopic (exact) mass is 342 g/mol. The fraction of sp³-hybridized carbons (Fsp3) is 0.444. The van der Waals surface area contributed by atoms with Gasteiger partial charge in [-0.25, -0.2) is 4.98 Å². The van der Waals surface area contributed by atoms with Gasteiger partial charge in [-0.2, -0.15) is 0 Å². The molecule has 1 amide bonds. The summed E-state index contributed by atoms with van der Waals surface area (Å²) in [7, 11) is 1.70. The van der Waals surface area contributed by atoms with E-state index in [-0.39, 0.29) is 29.1 Å². The lowest BCUT2D eigenvalue weighted by Gasteiger charge is -2.28. The molecule has 7 heteroatoms. The Morgan fingerprint density at radius 1 is 1.32 bits per heavy atom. The fourth-order valence-corrected chi connectivity index (χ4v) is 3.51. The standard InChI is InChI=1S/C18H22N4O3/c1-5-15-10(2)8-13(17(24)21(15)4)18(25)22-7-6-12-14(9-22)19-11(3)20-16(12)23/h8H,5-7,9H2,1-4H3,(H,19,20,23). The number of nitrogens with one attached hydrogen (secondary N) is 1. The number of aryl methyl sites for hydroxylation is 2. The summed E-state index contributed by atoms with van der Waals surface area (Å²) in [6, 6.07) is 1.68. The molecule has 7 nitrogen and oxygen atoms in total. The highest BCUT2D eigenvalue weighted by molar-refractivity contribution is 5.94. The highest BCUT2D eigenvalue weighted by Crippen LogP contribution is 2.17. The molecule has 0 bridgehead atoms. The third-order valence-corrected chi connectivity index (χ3v) is 4.80. The van der Waals surface area contributed by atoms with Crippen molar-refractivity contribution in [2.45, 2.75) is 40.2 Å². The Bertz CT molecular complexity index is 972. The molecule has 1 aliphatic heterocycles. The molecule has 0 aliphatic carbocycles. The maximum absolute atomic E-state index is 12.9. The minimum absolute atomic E-state index is 0.145. The van der Waals surface area contributed by atoms with Crippen LogP contribution in [0.5, 0.6) is 0 Å². The number of carbonyl (C=O) groups is 1. The van der Waals surface area contributed by atoms with Crippen molar-refractivity contribution in [2.24, 2.45) is 7.05 Å². The molecule has 0 fully saturated rings. The first-order valence-electron chi connectivity index (χ1n) is 8.41. The number of pyridine rings is 1. The van der Waals surface area contributed by atoms with E-state index in [1.165, 1.54) is 0 Å². The van der Waals surface area contributed by atoms with Crippen LogP contribution in [0.15, 0.2) is 15.7 Å². The average molecular weight is 342 g/mol. The Balaban J connectivity index is 1.98. The molecular weight excluding hydrogens is 320 g/mol. The van der Waals surface area contributed by atoms with Crippen molar-refractivity contribution in [3.8, 4) is 0 Å². The molecule has 0 saturated heterocycles. The molecule has 132 valence electrons. The number of hydrogen-bond donors (Lipinski definition) is 1. The summed E-state index contributed by atoms with van der Waals surface area (Å²) in [6.07, 6.45) is 1.17. The number of aromatic amines is 1. The maximum Gasteiger partial charge on any atom is 0.263 e. The van der Waals surface area contributed by atoms with Gasteiger partial charge in [0.05, 0.1) is 12.2 Å². The SMILES string of the molecule is CCc1c(C)cc(C(=O)N2CCc3c(nc(C)[nH]c3=O)C2)c(=O)n1C. The Morgan fingerprint density at radius 2 is 2.04 bits per heavy atom. The zero-order chi connectivity index (χ0) is 18.3. The third-order valence-electron chi connectivity index (χ3n) is 4.80. The van der Waals surface area contributed by atoms with Gasteiger partial charge in [-0.3, -0.25) is 14.4 Å². The second-order valence-corrected chi connectivity index (χ2v) is 6.46. The van der Waals surface area contributed by atoms with E-state index in [1.807, 2.05) is 13.8 Å². The lowest BCUT2D eigenvalue weighted by atomic mass is 10.0. The predicted octanol–water partition coefficient (Wildman–Crippen LogP) is 0.846. The second kappa shape index (κ2) is 6.31. The van der Waals surface area contributed by atoms with Gasteiger partial charge in [0.25, 0.3) is 17.0 Å². The Hall–Kier alpha value is -2.70. The summed E-state index contributed by atoms with van der Waals surface area (Å²) in [5.74, 6) is 0.217. The van der Waals surface area contributed by atoms with Crippen LogP contribution in [-0.4, -0.2) is 31.9 Å². The molecule has 1 N–H and O–H groups in total. The summed E-state index contributed by atoms with van der Waals surface area (Å²) in [5.41, 5.74) is 2.83. The highest BCUT2D eigenvalue weighted by Gasteiger charge is 2.27. The van der Waals surface area contributed by atoms with Crippen LogP contribution in [0.1, 0.15) is 45.6 Å². The van der Waals surface area contributed by atoms with Crippen molar-refractivity contribution < 1.29 is 4.79 Å². The van der Waals surface area contributed by atoms with Gasteiger partial charge in [0, 0.05) is 24.8 Å². The largest absolute Gasteiger partial charge is 0.332 e. The molecule has 0 atom stereocenters. The topological polar surface area (TPSA) is 88.1 Å². The molecule has 0 radical (unpaired) electrons. The molecule has 0 aromatic carbocycles. The van der Waals surface area contributed by atoms with Crippen LogP contribution in [0.25, 0.3) is 0 Å². The van der Waals surface area contributed by atoms with Crippen molar-refractivity contribution in [1.29, 1.82) is 0 Å². The molecule has 3 heterocycles. The summed E-state index contributed by atoms with van der Waals surface area (Å²) in [4.78, 5) is 46.1. The maximum atomic E-state index is 12.9. The van der Waals surface area contributed by atoms with E-state index < -0.39 is 0 Å². The highest BCUT2D eigenvalue weighted by atomic mass is 16.2. The molecular formula is C18H22N4O3. The lowest BCUT2D eigenvalue weighted by Crippen LogP contribution is -2.42. The number of rotatable bonds is 2. The molecule has 25 heavy (non-hydrogen) atoms. The van der Waals surface area contributed by atoms with Gasteiger partial charge in [-0.1, -0.05) is 6.92 Å². The Morgan fingerprint density at radius 3 is 2.72 bits per heavy atom. The van der Waals surface area contributed by atoms with E-state index in [1.54, 1.807) is 29.5 Å². The van der Waals surface area contributed by atoms with Crippen LogP contribution >= 0.6 is 0 Å². The second-order valence-electron chi connectivity index (χ2n) is 6.46. The van der Waals surface area contributed by atoms with Gasteiger partial charge in [-0.05, 0) is 38.3 Å². The van der Waals surface area contributed by atoms with Crippen LogP contribution in [0.4, 0.5) is 0 Å². The first-order valence-corrected chi connectivity index (χ1v) is 8.41. The van der Waals surface area contributed by atoms with E-state index >= 15 is 0 Å². The van der Waals surface area contributed by atoms with E-state index in [4.69, 9.17) is 0 Å². The van der Waals surface area contributed by atoms with Crippen molar-refractivity contribution in [3.63, 3.8) is 0 Å². The quantitative estimate of drug-likeness (QED) is 0.876. The molecule has 3 rings (SSSR count). The van der Waals surface area contributed by atoms with Crippen LogP contribution in [-0.2, 0) is 26.4 Å². The van der Waals surface area contributed by atoms with Gasteiger partial charge in [0.15, 0.2) is 0 Å². The minimum atomic E-state index is -0.309. The van der Waals surface area contributed by atoms with Gasteiger partial charge >= 0.3 is 0 Å². The fourth-order valence-electron chi connectivity index (χ4n) is 3.51. The zero-order valence-electron chi connectivity index (χ0n) is 15.0. The van der Waals surface area contributed by atoms with E-state index in [9.17, 15) is 14.4 Å². The molecule has 2 aromatic rings. The summed E-state index contributed by atoms with van der Waals surface area (Å²) in [5, 5.41) is 0. The van der Waals surface area contributed by atoms with Gasteiger partial charge in [0.2, 0.25) is 0 Å². The average Bonchev–Trinajstić information content (AvgIpc) is 2.57. The first-order chi connectivity index (χ1) is 11.8. The zero-order valence-corrected chi connectivity index (χ0v) is 15.0. The summed E-state index contributed by atoms with van der Waals surface area (Å²) in [6.45, 7) is 6.25. The molecule has 2 aromatic heterocycles. The number of H-pyrrole nitrogens is 1. The summed E-state index contributed by atoms with van der Waals surface area (Å²) >= 11 is 0. The van der Waals surface area contributed by atoms with Crippen molar-refractivity contribution >= 4 is 5.91 Å². The van der Waals surface area contributed by atoms with E-state index in [0.29, 0.717) is 30.0 Å². The molecule has 1 aliphatic rings. The van der Waals surface area contributed by atoms with Gasteiger partial charge in [-0.15, -0.1) is 0 Å².